The van der Waals surface area contributed by atoms with Gasteiger partial charge >= 0.3 is 12.4 Å². The van der Waals surface area contributed by atoms with Crippen LogP contribution >= 0.6 is 0 Å². The van der Waals surface area contributed by atoms with Gasteiger partial charge in [0.1, 0.15) is 17.1 Å². The van der Waals surface area contributed by atoms with Gasteiger partial charge in [-0.15, -0.1) is 13.2 Å². The van der Waals surface area contributed by atoms with Crippen molar-refractivity contribution < 1.29 is 27.1 Å². The number of rotatable bonds is 5. The van der Waals surface area contributed by atoms with Crippen molar-refractivity contribution in [3.05, 3.63) is 65.9 Å². The fourth-order valence-electron chi connectivity index (χ4n) is 2.53. The number of hydrogen-bond acceptors (Lipinski definition) is 3. The molecule has 0 spiro atoms. The van der Waals surface area contributed by atoms with Crippen molar-refractivity contribution in [2.45, 2.75) is 25.9 Å². The highest BCUT2D eigenvalue weighted by Gasteiger charge is 2.30. The summed E-state index contributed by atoms with van der Waals surface area (Å²) in [5.74, 6) is 0.314. The molecule has 8 heteroatoms. The lowest BCUT2D eigenvalue weighted by molar-refractivity contribution is -0.274. The summed E-state index contributed by atoms with van der Waals surface area (Å²) in [5.41, 5.74) is 1.37. The van der Waals surface area contributed by atoms with Crippen LogP contribution in [0.1, 0.15) is 24.3 Å². The van der Waals surface area contributed by atoms with Gasteiger partial charge in [-0.05, 0) is 36.8 Å². The van der Waals surface area contributed by atoms with Gasteiger partial charge in [-0.2, -0.15) is 0 Å². The maximum Gasteiger partial charge on any atom is 0.573 e. The molecule has 0 aliphatic carbocycles. The van der Waals surface area contributed by atoms with Crippen LogP contribution in [0.3, 0.4) is 0 Å². The zero-order valence-electron chi connectivity index (χ0n) is 14.3. The molecule has 0 unspecified atom stereocenters. The summed E-state index contributed by atoms with van der Waals surface area (Å²) in [6.45, 7) is 1.95. The van der Waals surface area contributed by atoms with Gasteiger partial charge < -0.3 is 19.8 Å². The lowest BCUT2D eigenvalue weighted by atomic mass is 10.2. The molecule has 0 saturated heterocycles. The van der Waals surface area contributed by atoms with Gasteiger partial charge in [0.05, 0.1) is 6.04 Å². The smallest absolute Gasteiger partial charge is 0.459 e. The molecule has 1 aromatic heterocycles. The highest BCUT2D eigenvalue weighted by atomic mass is 19.4. The van der Waals surface area contributed by atoms with Crippen LogP contribution in [0.15, 0.2) is 59.0 Å². The zero-order valence-corrected chi connectivity index (χ0v) is 14.3. The first kappa shape index (κ1) is 18.6. The number of furan rings is 1. The maximum absolute atomic E-state index is 12.1. The van der Waals surface area contributed by atoms with Gasteiger partial charge in [0.15, 0.2) is 0 Å². The molecule has 0 fully saturated rings. The van der Waals surface area contributed by atoms with Crippen molar-refractivity contribution in [2.75, 3.05) is 0 Å². The lowest BCUT2D eigenvalue weighted by Gasteiger charge is -2.13. The fourth-order valence-corrected chi connectivity index (χ4v) is 2.53. The molecular formula is C19H17F3N2O3. The second-order valence-electron chi connectivity index (χ2n) is 5.93. The normalized spacial score (nSPS) is 12.6. The van der Waals surface area contributed by atoms with E-state index in [-0.39, 0.29) is 18.3 Å². The van der Waals surface area contributed by atoms with E-state index in [9.17, 15) is 18.0 Å². The number of ether oxygens (including phenoxy) is 1. The van der Waals surface area contributed by atoms with Crippen LogP contribution in [0, 0.1) is 0 Å². The van der Waals surface area contributed by atoms with Crippen LogP contribution < -0.4 is 15.4 Å². The highest BCUT2D eigenvalue weighted by molar-refractivity contribution is 5.78. The molecule has 1 heterocycles. The van der Waals surface area contributed by atoms with Crippen molar-refractivity contribution in [1.29, 1.82) is 0 Å². The molecule has 5 nitrogen and oxygen atoms in total. The Morgan fingerprint density at radius 2 is 1.85 bits per heavy atom. The first-order chi connectivity index (χ1) is 12.8. The standard InChI is InChI=1S/C19H17F3N2O3/c1-12(17-10-14-4-2-3-5-16(14)26-17)24-18(25)23-11-13-6-8-15(9-7-13)27-19(20,21)22/h2-10,12H,11H2,1H3,(H2,23,24,25)/t12-/m1/s1. The van der Waals surface area contributed by atoms with E-state index in [2.05, 4.69) is 15.4 Å². The van der Waals surface area contributed by atoms with Crippen molar-refractivity contribution >= 4 is 17.0 Å². The van der Waals surface area contributed by atoms with Crippen LogP contribution in [0.4, 0.5) is 18.0 Å². The monoisotopic (exact) mass is 378 g/mol. The number of fused-ring (bicyclic) bond motifs is 1. The minimum atomic E-state index is -4.73. The number of nitrogens with one attached hydrogen (secondary N) is 2. The van der Waals surface area contributed by atoms with Gasteiger partial charge in [-0.1, -0.05) is 30.3 Å². The van der Waals surface area contributed by atoms with Gasteiger partial charge in [-0.3, -0.25) is 0 Å². The molecule has 142 valence electrons. The number of amides is 2. The number of alkyl halides is 3. The number of benzene rings is 2. The molecule has 27 heavy (non-hydrogen) atoms. The molecule has 3 rings (SSSR count). The van der Waals surface area contributed by atoms with E-state index in [1.807, 2.05) is 30.3 Å². The molecule has 3 aromatic rings. The molecule has 1 atom stereocenters. The number of carbonyl (C=O) groups is 1. The molecular weight excluding hydrogens is 361 g/mol. The van der Waals surface area contributed by atoms with E-state index in [1.54, 1.807) is 6.92 Å². The second kappa shape index (κ2) is 7.61. The number of hydrogen-bond donors (Lipinski definition) is 2. The largest absolute Gasteiger partial charge is 0.573 e. The Labute approximate surface area is 153 Å². The lowest BCUT2D eigenvalue weighted by Crippen LogP contribution is -2.36. The second-order valence-corrected chi connectivity index (χ2v) is 5.93. The van der Waals surface area contributed by atoms with E-state index in [0.717, 1.165) is 11.0 Å². The third kappa shape index (κ3) is 5.16. The van der Waals surface area contributed by atoms with E-state index < -0.39 is 12.4 Å². The van der Waals surface area contributed by atoms with Gasteiger partial charge in [0, 0.05) is 11.9 Å². The molecule has 2 amide bonds. The highest BCUT2D eigenvalue weighted by Crippen LogP contribution is 2.24. The van der Waals surface area contributed by atoms with Crippen molar-refractivity contribution in [3.63, 3.8) is 0 Å². The number of urea groups is 1. The Morgan fingerprint density at radius 3 is 2.52 bits per heavy atom. The van der Waals surface area contributed by atoms with Crippen LogP contribution in [-0.4, -0.2) is 12.4 Å². The maximum atomic E-state index is 12.1. The van der Waals surface area contributed by atoms with Crippen molar-refractivity contribution in [2.24, 2.45) is 0 Å². The third-order valence-electron chi connectivity index (χ3n) is 3.83. The molecule has 0 bridgehead atoms. The Hall–Kier alpha value is -3.16. The summed E-state index contributed by atoms with van der Waals surface area (Å²) in [5, 5.41) is 6.35. The number of carbonyl (C=O) groups excluding carboxylic acids is 1. The molecule has 0 aliphatic heterocycles. The summed E-state index contributed by atoms with van der Waals surface area (Å²) in [6.07, 6.45) is -4.73. The minimum absolute atomic E-state index is 0.158. The third-order valence-corrected chi connectivity index (χ3v) is 3.83. The Bertz CT molecular complexity index is 887. The van der Waals surface area contributed by atoms with Gasteiger partial charge in [0.25, 0.3) is 0 Å². The summed E-state index contributed by atoms with van der Waals surface area (Å²) >= 11 is 0. The zero-order chi connectivity index (χ0) is 19.4. The molecule has 0 aliphatic rings. The molecule has 2 aromatic carbocycles. The van der Waals surface area contributed by atoms with Gasteiger partial charge in [0.2, 0.25) is 0 Å². The van der Waals surface area contributed by atoms with Crippen molar-refractivity contribution in [3.8, 4) is 5.75 Å². The Kier molecular flexibility index (Phi) is 5.25. The SMILES string of the molecule is C[C@@H](NC(=O)NCc1ccc(OC(F)(F)F)cc1)c1cc2ccccc2o1. The average Bonchev–Trinajstić information content (AvgIpc) is 3.04. The van der Waals surface area contributed by atoms with Crippen LogP contribution in [0.5, 0.6) is 5.75 Å². The number of para-hydroxylation sites is 1. The fraction of sp³-hybridized carbons (Fsp3) is 0.211. The Balaban J connectivity index is 1.51. The Morgan fingerprint density at radius 1 is 1.15 bits per heavy atom. The van der Waals surface area contributed by atoms with Crippen LogP contribution in [0.25, 0.3) is 11.0 Å². The van der Waals surface area contributed by atoms with E-state index in [1.165, 1.54) is 24.3 Å². The predicted octanol–water partition coefficient (Wildman–Crippen LogP) is 4.89. The van der Waals surface area contributed by atoms with E-state index in [0.29, 0.717) is 11.3 Å². The minimum Gasteiger partial charge on any atom is -0.459 e. The van der Waals surface area contributed by atoms with E-state index >= 15 is 0 Å². The summed E-state index contributed by atoms with van der Waals surface area (Å²) < 4.78 is 45.9. The average molecular weight is 378 g/mol. The summed E-state index contributed by atoms with van der Waals surface area (Å²) in [7, 11) is 0. The summed E-state index contributed by atoms with van der Waals surface area (Å²) in [6, 6.07) is 13.9. The summed E-state index contributed by atoms with van der Waals surface area (Å²) in [4.78, 5) is 12.0. The van der Waals surface area contributed by atoms with Crippen LogP contribution in [-0.2, 0) is 6.54 Å². The van der Waals surface area contributed by atoms with Gasteiger partial charge in [-0.25, -0.2) is 4.79 Å². The first-order valence-corrected chi connectivity index (χ1v) is 8.18. The number of halogens is 3. The van der Waals surface area contributed by atoms with E-state index in [4.69, 9.17) is 4.42 Å². The first-order valence-electron chi connectivity index (χ1n) is 8.18. The quantitative estimate of drug-likeness (QED) is 0.664. The van der Waals surface area contributed by atoms with Crippen molar-refractivity contribution in [1.82, 2.24) is 10.6 Å². The topological polar surface area (TPSA) is 63.5 Å². The van der Waals surface area contributed by atoms with Crippen LogP contribution in [0.2, 0.25) is 0 Å². The molecule has 2 N–H and O–H groups in total. The molecule has 0 radical (unpaired) electrons. The molecule has 0 saturated carbocycles. The predicted molar refractivity (Wildman–Crippen MR) is 93.1 cm³/mol.